The third-order valence-electron chi connectivity index (χ3n) is 3.67. The highest BCUT2D eigenvalue weighted by atomic mass is 16.4. The molecule has 1 heterocycles. The summed E-state index contributed by atoms with van der Waals surface area (Å²) in [6.07, 6.45) is 2.35. The maximum atomic E-state index is 12.2. The zero-order chi connectivity index (χ0) is 11.8. The molecule has 1 unspecified atom stereocenters. The molecule has 0 aromatic carbocycles. The molecular weight excluding hydrogens is 210 g/mol. The molecule has 0 spiro atoms. The van der Waals surface area contributed by atoms with Crippen molar-refractivity contribution in [3.05, 3.63) is 0 Å². The fourth-order valence-electron chi connectivity index (χ4n) is 2.43. The summed E-state index contributed by atoms with van der Waals surface area (Å²) in [5, 5.41) is 21.1. The van der Waals surface area contributed by atoms with E-state index in [0.717, 1.165) is 6.42 Å². The Morgan fingerprint density at radius 2 is 2.19 bits per heavy atom. The first-order valence-electron chi connectivity index (χ1n) is 5.55. The monoisotopic (exact) mass is 227 g/mol. The van der Waals surface area contributed by atoms with Crippen molar-refractivity contribution in [2.24, 2.45) is 16.3 Å². The standard InChI is InChI=1S/C10H17N3O3/c11-8(12-16)10(3-1-4-10)9(15)13-5-2-7(14)6-13/h7,14,16H,1-6H2,(H2,11,12). The molecule has 2 aliphatic rings. The zero-order valence-electron chi connectivity index (χ0n) is 9.09. The predicted molar refractivity (Wildman–Crippen MR) is 56.9 cm³/mol. The first kappa shape index (κ1) is 11.2. The largest absolute Gasteiger partial charge is 0.409 e. The van der Waals surface area contributed by atoms with Crippen LogP contribution in [-0.2, 0) is 4.79 Å². The normalized spacial score (nSPS) is 28.9. The van der Waals surface area contributed by atoms with Crippen LogP contribution in [0.3, 0.4) is 0 Å². The molecule has 2 fully saturated rings. The van der Waals surface area contributed by atoms with E-state index in [1.54, 1.807) is 4.90 Å². The van der Waals surface area contributed by atoms with Crippen molar-refractivity contribution >= 4 is 11.7 Å². The molecule has 1 atom stereocenters. The van der Waals surface area contributed by atoms with E-state index in [1.807, 2.05) is 0 Å². The summed E-state index contributed by atoms with van der Waals surface area (Å²) in [5.74, 6) is -0.101. The van der Waals surface area contributed by atoms with Crippen LogP contribution in [0.1, 0.15) is 25.7 Å². The Bertz CT molecular complexity index is 325. The van der Waals surface area contributed by atoms with Crippen molar-refractivity contribution in [3.63, 3.8) is 0 Å². The van der Waals surface area contributed by atoms with Gasteiger partial charge in [-0.1, -0.05) is 11.6 Å². The number of hydrogen-bond donors (Lipinski definition) is 3. The molecule has 1 aliphatic carbocycles. The van der Waals surface area contributed by atoms with Crippen LogP contribution in [0.2, 0.25) is 0 Å². The SMILES string of the molecule is NC(=NO)C1(C(=O)N2CCC(O)C2)CCC1. The number of hydrogen-bond acceptors (Lipinski definition) is 4. The van der Waals surface area contributed by atoms with Gasteiger partial charge in [0, 0.05) is 13.1 Å². The number of rotatable bonds is 2. The molecule has 6 nitrogen and oxygen atoms in total. The number of carbonyl (C=O) groups is 1. The van der Waals surface area contributed by atoms with Crippen molar-refractivity contribution in [1.82, 2.24) is 4.90 Å². The van der Waals surface area contributed by atoms with Gasteiger partial charge in [-0.3, -0.25) is 4.79 Å². The van der Waals surface area contributed by atoms with E-state index in [0.29, 0.717) is 32.4 Å². The molecule has 1 saturated carbocycles. The Kier molecular flexibility index (Phi) is 2.75. The molecule has 1 amide bonds. The van der Waals surface area contributed by atoms with Gasteiger partial charge in [0.25, 0.3) is 0 Å². The maximum Gasteiger partial charge on any atom is 0.236 e. The second kappa shape index (κ2) is 3.93. The first-order chi connectivity index (χ1) is 7.60. The summed E-state index contributed by atoms with van der Waals surface area (Å²) in [6, 6.07) is 0. The van der Waals surface area contributed by atoms with E-state index in [9.17, 15) is 9.90 Å². The van der Waals surface area contributed by atoms with Gasteiger partial charge in [-0.2, -0.15) is 0 Å². The van der Waals surface area contributed by atoms with Gasteiger partial charge in [0.05, 0.1) is 6.10 Å². The molecule has 16 heavy (non-hydrogen) atoms. The number of amides is 1. The number of β-amino-alcohol motifs (C(OH)–C–C–N with tert-alkyl or cyclic N) is 1. The van der Waals surface area contributed by atoms with Crippen molar-refractivity contribution < 1.29 is 15.1 Å². The van der Waals surface area contributed by atoms with Crippen LogP contribution < -0.4 is 5.73 Å². The molecule has 1 aliphatic heterocycles. The molecule has 0 bridgehead atoms. The van der Waals surface area contributed by atoms with E-state index in [4.69, 9.17) is 10.9 Å². The minimum Gasteiger partial charge on any atom is -0.409 e. The minimum absolute atomic E-state index is 0.00476. The van der Waals surface area contributed by atoms with Gasteiger partial charge in [-0.25, -0.2) is 0 Å². The average Bonchev–Trinajstić information content (AvgIpc) is 2.62. The van der Waals surface area contributed by atoms with Gasteiger partial charge < -0.3 is 20.9 Å². The first-order valence-corrected chi connectivity index (χ1v) is 5.55. The quantitative estimate of drug-likeness (QED) is 0.256. The Labute approximate surface area is 93.7 Å². The number of carbonyl (C=O) groups excluding carboxylic acids is 1. The van der Waals surface area contributed by atoms with Crippen LogP contribution >= 0.6 is 0 Å². The highest BCUT2D eigenvalue weighted by molar-refractivity contribution is 6.07. The Hall–Kier alpha value is -1.30. The lowest BCUT2D eigenvalue weighted by Crippen LogP contribution is -2.54. The van der Waals surface area contributed by atoms with Crippen LogP contribution in [-0.4, -0.2) is 46.1 Å². The van der Waals surface area contributed by atoms with E-state index in [2.05, 4.69) is 5.16 Å². The molecule has 0 aromatic heterocycles. The number of aliphatic hydroxyl groups excluding tert-OH is 1. The third kappa shape index (κ3) is 1.53. The van der Waals surface area contributed by atoms with Crippen molar-refractivity contribution in [2.75, 3.05) is 13.1 Å². The fraction of sp³-hybridized carbons (Fsp3) is 0.800. The van der Waals surface area contributed by atoms with Crippen molar-refractivity contribution in [1.29, 1.82) is 0 Å². The Morgan fingerprint density at radius 3 is 2.56 bits per heavy atom. The fourth-order valence-corrected chi connectivity index (χ4v) is 2.43. The van der Waals surface area contributed by atoms with Crippen LogP contribution in [0.25, 0.3) is 0 Å². The molecule has 1 saturated heterocycles. The van der Waals surface area contributed by atoms with E-state index in [1.165, 1.54) is 0 Å². The number of nitrogens with two attached hydrogens (primary N) is 1. The molecular formula is C10H17N3O3. The lowest BCUT2D eigenvalue weighted by molar-refractivity contribution is -0.141. The number of aliphatic hydroxyl groups is 1. The molecule has 2 rings (SSSR count). The van der Waals surface area contributed by atoms with Gasteiger partial charge in [-0.05, 0) is 19.3 Å². The average molecular weight is 227 g/mol. The number of likely N-dealkylation sites (tertiary alicyclic amines) is 1. The summed E-state index contributed by atoms with van der Waals surface area (Å²) in [6.45, 7) is 0.916. The van der Waals surface area contributed by atoms with Crippen LogP contribution in [0.5, 0.6) is 0 Å². The van der Waals surface area contributed by atoms with Gasteiger partial charge in [0.15, 0.2) is 5.84 Å². The second-order valence-corrected chi connectivity index (χ2v) is 4.61. The molecule has 0 radical (unpaired) electrons. The lowest BCUT2D eigenvalue weighted by atomic mass is 9.67. The third-order valence-corrected chi connectivity index (χ3v) is 3.67. The summed E-state index contributed by atoms with van der Waals surface area (Å²) < 4.78 is 0. The Balaban J connectivity index is 2.13. The van der Waals surface area contributed by atoms with Crippen LogP contribution in [0.15, 0.2) is 5.16 Å². The van der Waals surface area contributed by atoms with Crippen molar-refractivity contribution in [3.8, 4) is 0 Å². The minimum atomic E-state index is -0.807. The molecule has 0 aromatic rings. The van der Waals surface area contributed by atoms with E-state index >= 15 is 0 Å². The van der Waals surface area contributed by atoms with E-state index in [-0.39, 0.29) is 11.7 Å². The predicted octanol–water partition coefficient (Wildman–Crippen LogP) is -0.504. The number of oxime groups is 1. The number of amidine groups is 1. The highest BCUT2D eigenvalue weighted by Gasteiger charge is 2.51. The second-order valence-electron chi connectivity index (χ2n) is 4.61. The summed E-state index contributed by atoms with van der Waals surface area (Å²) in [5.41, 5.74) is 4.80. The smallest absolute Gasteiger partial charge is 0.236 e. The van der Waals surface area contributed by atoms with Gasteiger partial charge in [0.1, 0.15) is 5.41 Å². The maximum absolute atomic E-state index is 12.2. The van der Waals surface area contributed by atoms with Gasteiger partial charge >= 0.3 is 0 Å². The lowest BCUT2D eigenvalue weighted by Gasteiger charge is -2.41. The van der Waals surface area contributed by atoms with Gasteiger partial charge in [0.2, 0.25) is 5.91 Å². The molecule has 90 valence electrons. The highest BCUT2D eigenvalue weighted by Crippen LogP contribution is 2.43. The summed E-state index contributed by atoms with van der Waals surface area (Å²) in [4.78, 5) is 13.9. The summed E-state index contributed by atoms with van der Waals surface area (Å²) in [7, 11) is 0. The van der Waals surface area contributed by atoms with E-state index < -0.39 is 11.5 Å². The number of nitrogens with zero attached hydrogens (tertiary/aromatic N) is 2. The molecule has 4 N–H and O–H groups in total. The van der Waals surface area contributed by atoms with Crippen molar-refractivity contribution in [2.45, 2.75) is 31.8 Å². The summed E-state index contributed by atoms with van der Waals surface area (Å²) >= 11 is 0. The molecule has 6 heteroatoms. The van der Waals surface area contributed by atoms with Crippen LogP contribution in [0, 0.1) is 5.41 Å². The topological polar surface area (TPSA) is 99.2 Å². The van der Waals surface area contributed by atoms with Gasteiger partial charge in [-0.15, -0.1) is 0 Å². The van der Waals surface area contributed by atoms with Crippen LogP contribution in [0.4, 0.5) is 0 Å². The Morgan fingerprint density at radius 1 is 1.50 bits per heavy atom. The zero-order valence-corrected chi connectivity index (χ0v) is 9.09.